The van der Waals surface area contributed by atoms with Crippen molar-refractivity contribution >= 4 is 35.6 Å². The molecular weight excluding hydrogens is 505 g/mol. The lowest BCUT2D eigenvalue weighted by Crippen LogP contribution is -2.40. The number of hydrogen-bond donors (Lipinski definition) is 2. The number of hydrogen-bond acceptors (Lipinski definition) is 9. The van der Waals surface area contributed by atoms with Crippen molar-refractivity contribution in [1.82, 2.24) is 25.0 Å². The van der Waals surface area contributed by atoms with Gasteiger partial charge < -0.3 is 20.1 Å². The Morgan fingerprint density at radius 1 is 1.13 bits per heavy atom. The maximum Gasteiger partial charge on any atom is 0.279 e. The molecule has 0 radical (unpaired) electrons. The Kier molecular flexibility index (Phi) is 7.10. The highest BCUT2D eigenvalue weighted by molar-refractivity contribution is 6.08. The number of aromatic nitrogens is 4. The SMILES string of the molecule is CN[C@@H](C)C(=O)Nc1cnc(N2C=c3cnoc3=CC2)n(Cc2cncc(C(=O)c3ccc(F)cc3)c2)c1=O. The molecule has 39 heavy (non-hydrogen) atoms. The number of anilines is 2. The topological polar surface area (TPSA) is 135 Å². The highest BCUT2D eigenvalue weighted by Crippen LogP contribution is 2.17. The van der Waals surface area contributed by atoms with Crippen LogP contribution in [-0.4, -0.2) is 51.0 Å². The van der Waals surface area contributed by atoms with Crippen molar-refractivity contribution in [3.63, 3.8) is 0 Å². The number of nitrogens with zero attached hydrogens (tertiary/aromatic N) is 5. The molecule has 0 fully saturated rings. The van der Waals surface area contributed by atoms with Crippen LogP contribution in [0, 0.1) is 5.82 Å². The monoisotopic (exact) mass is 529 g/mol. The number of likely N-dealkylation sites (N-methyl/N-ethyl adjacent to an activating group) is 1. The number of halogens is 1. The Morgan fingerprint density at radius 2 is 1.92 bits per heavy atom. The van der Waals surface area contributed by atoms with Crippen LogP contribution >= 0.6 is 0 Å². The molecule has 0 saturated carbocycles. The van der Waals surface area contributed by atoms with E-state index in [0.717, 1.165) is 5.22 Å². The second kappa shape index (κ2) is 10.8. The first kappa shape index (κ1) is 25.7. The zero-order valence-electron chi connectivity index (χ0n) is 21.1. The average molecular weight is 530 g/mol. The number of pyridine rings is 1. The average Bonchev–Trinajstić information content (AvgIpc) is 3.43. The highest BCUT2D eigenvalue weighted by atomic mass is 19.1. The van der Waals surface area contributed by atoms with Crippen LogP contribution in [0.4, 0.5) is 16.0 Å². The molecule has 3 aromatic heterocycles. The van der Waals surface area contributed by atoms with Crippen molar-refractivity contribution in [2.45, 2.75) is 19.5 Å². The fourth-order valence-corrected chi connectivity index (χ4v) is 4.01. The molecule has 0 aliphatic carbocycles. The van der Waals surface area contributed by atoms with Crippen LogP contribution in [0.25, 0.3) is 12.3 Å². The first-order chi connectivity index (χ1) is 18.8. The van der Waals surface area contributed by atoms with Gasteiger partial charge in [-0.3, -0.25) is 23.9 Å². The Morgan fingerprint density at radius 3 is 2.69 bits per heavy atom. The first-order valence-corrected chi connectivity index (χ1v) is 12.1. The molecule has 1 aromatic carbocycles. The molecule has 1 amide bonds. The van der Waals surface area contributed by atoms with Crippen molar-refractivity contribution in [2.75, 3.05) is 23.8 Å². The summed E-state index contributed by atoms with van der Waals surface area (Å²) in [6, 6.07) is 6.31. The van der Waals surface area contributed by atoms with Crippen LogP contribution in [0.1, 0.15) is 28.4 Å². The standard InChI is InChI=1S/C27H24FN7O4/c1-16(29-2)25(37)33-22-13-31-27(34-8-7-23-20(15-34)12-32-39-23)35(26(22)38)14-17-9-19(11-30-10-17)24(36)18-3-5-21(28)6-4-18/h3-7,9-13,15-16,29H,8,14H2,1-2H3,(H,33,37)/t16-/m0/s1. The molecule has 11 nitrogen and oxygen atoms in total. The molecule has 12 heteroatoms. The zero-order valence-corrected chi connectivity index (χ0v) is 21.1. The lowest BCUT2D eigenvalue weighted by molar-refractivity contribution is -0.117. The van der Waals surface area contributed by atoms with Crippen molar-refractivity contribution in [3.05, 3.63) is 98.6 Å². The third-order valence-electron chi connectivity index (χ3n) is 6.27. The van der Waals surface area contributed by atoms with E-state index in [4.69, 9.17) is 4.52 Å². The summed E-state index contributed by atoms with van der Waals surface area (Å²) < 4.78 is 19.9. The quantitative estimate of drug-likeness (QED) is 0.315. The van der Waals surface area contributed by atoms with Gasteiger partial charge in [-0.2, -0.15) is 0 Å². The lowest BCUT2D eigenvalue weighted by Gasteiger charge is -2.23. The highest BCUT2D eigenvalue weighted by Gasteiger charge is 2.20. The predicted octanol–water partition coefficient (Wildman–Crippen LogP) is 0.630. The molecule has 4 heterocycles. The van der Waals surface area contributed by atoms with Crippen molar-refractivity contribution in [1.29, 1.82) is 0 Å². The summed E-state index contributed by atoms with van der Waals surface area (Å²) >= 11 is 0. The summed E-state index contributed by atoms with van der Waals surface area (Å²) in [6.07, 6.45) is 9.40. The maximum atomic E-state index is 13.6. The van der Waals surface area contributed by atoms with Crippen LogP contribution in [0.15, 0.2) is 64.4 Å². The van der Waals surface area contributed by atoms with E-state index in [2.05, 4.69) is 25.8 Å². The summed E-state index contributed by atoms with van der Waals surface area (Å²) in [5.41, 5.74) is 1.26. The molecule has 1 atom stereocenters. The predicted molar refractivity (Wildman–Crippen MR) is 141 cm³/mol. The normalized spacial score (nSPS) is 13.2. The summed E-state index contributed by atoms with van der Waals surface area (Å²) in [5.74, 6) is -0.871. The van der Waals surface area contributed by atoms with Gasteiger partial charge in [-0.1, -0.05) is 5.16 Å². The van der Waals surface area contributed by atoms with E-state index in [-0.39, 0.29) is 23.6 Å². The molecule has 5 rings (SSSR count). The molecular formula is C27H24FN7O4. The van der Waals surface area contributed by atoms with E-state index in [9.17, 15) is 18.8 Å². The van der Waals surface area contributed by atoms with E-state index >= 15 is 0 Å². The second-order valence-corrected chi connectivity index (χ2v) is 8.91. The number of ketones is 1. The van der Waals surface area contributed by atoms with Gasteiger partial charge in [0, 0.05) is 36.3 Å². The minimum absolute atomic E-state index is 0.00371. The van der Waals surface area contributed by atoms with E-state index < -0.39 is 23.3 Å². The summed E-state index contributed by atoms with van der Waals surface area (Å²) in [7, 11) is 1.64. The van der Waals surface area contributed by atoms with Crippen LogP contribution in [0.5, 0.6) is 0 Å². The molecule has 1 aliphatic rings. The summed E-state index contributed by atoms with van der Waals surface area (Å²) in [4.78, 5) is 49.5. The third kappa shape index (κ3) is 5.36. The van der Waals surface area contributed by atoms with Crippen LogP contribution in [0.3, 0.4) is 0 Å². The molecule has 0 unspecified atom stereocenters. The van der Waals surface area contributed by atoms with Crippen LogP contribution < -0.4 is 31.7 Å². The molecule has 0 spiro atoms. The fourth-order valence-electron chi connectivity index (χ4n) is 4.01. The lowest BCUT2D eigenvalue weighted by atomic mass is 10.0. The number of amides is 1. The largest absolute Gasteiger partial charge is 0.357 e. The number of fused-ring (bicyclic) bond motifs is 1. The van der Waals surface area contributed by atoms with Crippen LogP contribution in [-0.2, 0) is 11.3 Å². The maximum absolute atomic E-state index is 13.6. The number of nitrogens with one attached hydrogen (secondary N) is 2. The Balaban J connectivity index is 1.53. The smallest absolute Gasteiger partial charge is 0.279 e. The van der Waals surface area contributed by atoms with Crippen molar-refractivity contribution in [2.24, 2.45) is 0 Å². The number of carbonyl (C=O) groups is 2. The van der Waals surface area contributed by atoms with Crippen molar-refractivity contribution < 1.29 is 18.5 Å². The minimum Gasteiger partial charge on any atom is -0.357 e. The number of carbonyl (C=O) groups excluding carboxylic acids is 2. The minimum atomic E-state index is -0.534. The van der Waals surface area contributed by atoms with Gasteiger partial charge in [0.2, 0.25) is 11.9 Å². The van der Waals surface area contributed by atoms with Gasteiger partial charge in [-0.05, 0) is 55.9 Å². The molecule has 0 bridgehead atoms. The van der Waals surface area contributed by atoms with Gasteiger partial charge in [-0.25, -0.2) is 9.37 Å². The third-order valence-corrected chi connectivity index (χ3v) is 6.27. The van der Waals surface area contributed by atoms with Crippen LogP contribution in [0.2, 0.25) is 0 Å². The Hall–Kier alpha value is -4.97. The van der Waals surface area contributed by atoms with E-state index in [1.165, 1.54) is 47.4 Å². The van der Waals surface area contributed by atoms with Gasteiger partial charge >= 0.3 is 0 Å². The fraction of sp³-hybridized carbons (Fsp3) is 0.185. The van der Waals surface area contributed by atoms with E-state index in [0.29, 0.717) is 29.0 Å². The van der Waals surface area contributed by atoms with Crippen molar-refractivity contribution in [3.8, 4) is 0 Å². The van der Waals surface area contributed by atoms with Gasteiger partial charge in [0.25, 0.3) is 5.56 Å². The molecule has 198 valence electrons. The van der Waals surface area contributed by atoms with E-state index in [1.807, 2.05) is 6.08 Å². The Bertz CT molecular complexity index is 1730. The zero-order chi connectivity index (χ0) is 27.5. The molecule has 0 saturated heterocycles. The first-order valence-electron chi connectivity index (χ1n) is 12.1. The van der Waals surface area contributed by atoms with Gasteiger partial charge in [0.05, 0.1) is 30.2 Å². The molecule has 4 aromatic rings. The van der Waals surface area contributed by atoms with Gasteiger partial charge in [-0.15, -0.1) is 0 Å². The number of rotatable bonds is 8. The Labute approximate surface area is 221 Å². The second-order valence-electron chi connectivity index (χ2n) is 8.91. The molecule has 2 N–H and O–H groups in total. The number of benzene rings is 1. The molecule has 1 aliphatic heterocycles. The summed E-state index contributed by atoms with van der Waals surface area (Å²) in [6.45, 7) is 2.03. The summed E-state index contributed by atoms with van der Waals surface area (Å²) in [5, 5.41) is 9.97. The van der Waals surface area contributed by atoms with E-state index in [1.54, 1.807) is 37.3 Å². The van der Waals surface area contributed by atoms with Gasteiger partial charge in [0.15, 0.2) is 11.2 Å². The van der Waals surface area contributed by atoms with Gasteiger partial charge in [0.1, 0.15) is 11.5 Å².